The first-order chi connectivity index (χ1) is 17.4. The summed E-state index contributed by atoms with van der Waals surface area (Å²) in [6, 6.07) is 20.0. The van der Waals surface area contributed by atoms with Gasteiger partial charge in [0.05, 0.1) is 26.3 Å². The lowest BCUT2D eigenvalue weighted by molar-refractivity contribution is 0.355. The molecule has 5 aromatic rings. The van der Waals surface area contributed by atoms with Crippen molar-refractivity contribution in [2.45, 2.75) is 16.3 Å². The van der Waals surface area contributed by atoms with Gasteiger partial charge in [0.15, 0.2) is 22.8 Å². The van der Waals surface area contributed by atoms with Crippen LogP contribution in [0, 0.1) is 0 Å². The molecule has 0 amide bonds. The maximum Gasteiger partial charge on any atom is 0.354 e. The van der Waals surface area contributed by atoms with Crippen LogP contribution >= 0.6 is 27.7 Å². The van der Waals surface area contributed by atoms with Crippen molar-refractivity contribution in [1.29, 1.82) is 0 Å². The molecule has 36 heavy (non-hydrogen) atoms. The van der Waals surface area contributed by atoms with Crippen molar-refractivity contribution >= 4 is 49.6 Å². The van der Waals surface area contributed by atoms with E-state index in [1.165, 1.54) is 18.8 Å². The number of hydrogen-bond acceptors (Lipinski definition) is 7. The minimum atomic E-state index is -0.749. The van der Waals surface area contributed by atoms with Gasteiger partial charge < -0.3 is 23.6 Å². The Kier molecular flexibility index (Phi) is 6.51. The Morgan fingerprint density at radius 1 is 0.972 bits per heavy atom. The highest BCUT2D eigenvalue weighted by Gasteiger charge is 2.24. The van der Waals surface area contributed by atoms with Gasteiger partial charge in [0, 0.05) is 20.8 Å². The Morgan fingerprint density at radius 3 is 2.39 bits per heavy atom. The SMILES string of the molecule is COc1cc2c3oc(=O)c(Sc4cccc(Br)c4)c(O)c3c(=O)n(Cc3ccccc3)c2cc1OC. The minimum Gasteiger partial charge on any atom is -0.505 e. The predicted octanol–water partition coefficient (Wildman–Crippen LogP) is 5.79. The van der Waals surface area contributed by atoms with Crippen LogP contribution in [0.15, 0.2) is 95.0 Å². The molecule has 0 aliphatic heterocycles. The van der Waals surface area contributed by atoms with Crippen molar-refractivity contribution in [3.05, 3.63) is 97.5 Å². The van der Waals surface area contributed by atoms with Crippen LogP contribution in [0.2, 0.25) is 0 Å². The maximum atomic E-state index is 13.8. The van der Waals surface area contributed by atoms with Crippen molar-refractivity contribution in [3.8, 4) is 17.2 Å². The van der Waals surface area contributed by atoms with E-state index in [-0.39, 0.29) is 22.4 Å². The second-order valence-electron chi connectivity index (χ2n) is 7.93. The molecule has 0 unspecified atom stereocenters. The highest BCUT2D eigenvalue weighted by molar-refractivity contribution is 9.10. The Bertz CT molecular complexity index is 1730. The van der Waals surface area contributed by atoms with Gasteiger partial charge >= 0.3 is 5.63 Å². The summed E-state index contributed by atoms with van der Waals surface area (Å²) in [6.07, 6.45) is 0. The number of fused-ring (bicyclic) bond motifs is 3. The van der Waals surface area contributed by atoms with Crippen molar-refractivity contribution in [3.63, 3.8) is 0 Å². The zero-order chi connectivity index (χ0) is 25.4. The van der Waals surface area contributed by atoms with E-state index in [4.69, 9.17) is 13.9 Å². The van der Waals surface area contributed by atoms with Gasteiger partial charge in [0.1, 0.15) is 10.3 Å². The zero-order valence-corrected chi connectivity index (χ0v) is 21.7. The van der Waals surface area contributed by atoms with Crippen molar-refractivity contribution < 1.29 is 19.0 Å². The second-order valence-corrected chi connectivity index (χ2v) is 9.93. The molecule has 5 rings (SSSR count). The lowest BCUT2D eigenvalue weighted by Gasteiger charge is -2.16. The van der Waals surface area contributed by atoms with Gasteiger partial charge in [-0.25, -0.2) is 4.79 Å². The van der Waals surface area contributed by atoms with E-state index in [1.54, 1.807) is 24.3 Å². The Labute approximate surface area is 218 Å². The van der Waals surface area contributed by atoms with E-state index in [0.717, 1.165) is 21.8 Å². The fourth-order valence-corrected chi connectivity index (χ4v) is 5.52. The number of aromatic nitrogens is 1. The molecular formula is C27H20BrNO6S. The van der Waals surface area contributed by atoms with Crippen LogP contribution in [0.25, 0.3) is 21.9 Å². The molecule has 0 saturated carbocycles. The number of hydrogen-bond donors (Lipinski definition) is 1. The summed E-state index contributed by atoms with van der Waals surface area (Å²) in [4.78, 5) is 27.5. The molecule has 0 spiro atoms. The molecule has 0 fully saturated rings. The van der Waals surface area contributed by atoms with Crippen molar-refractivity contribution in [2.75, 3.05) is 14.2 Å². The number of halogens is 1. The monoisotopic (exact) mass is 565 g/mol. The number of nitrogens with zero attached hydrogens (tertiary/aromatic N) is 1. The first-order valence-corrected chi connectivity index (χ1v) is 12.5. The van der Waals surface area contributed by atoms with E-state index in [0.29, 0.717) is 27.3 Å². The molecule has 0 aliphatic rings. The van der Waals surface area contributed by atoms with Gasteiger partial charge in [0.2, 0.25) is 0 Å². The van der Waals surface area contributed by atoms with Gasteiger partial charge in [0.25, 0.3) is 5.56 Å². The summed E-state index contributed by atoms with van der Waals surface area (Å²) in [6.45, 7) is 0.230. The minimum absolute atomic E-state index is 0.0126. The van der Waals surface area contributed by atoms with Crippen LogP contribution in [-0.4, -0.2) is 23.9 Å². The number of aromatic hydroxyl groups is 1. The van der Waals surface area contributed by atoms with Crippen LogP contribution in [0.4, 0.5) is 0 Å². The highest BCUT2D eigenvalue weighted by Crippen LogP contribution is 2.40. The molecule has 7 nitrogen and oxygen atoms in total. The molecule has 0 atom stereocenters. The average molecular weight is 566 g/mol. The van der Waals surface area contributed by atoms with E-state index in [1.807, 2.05) is 42.5 Å². The number of pyridine rings is 1. The second kappa shape index (κ2) is 9.75. The van der Waals surface area contributed by atoms with E-state index in [9.17, 15) is 14.7 Å². The molecule has 0 aliphatic carbocycles. The van der Waals surface area contributed by atoms with Crippen LogP contribution < -0.4 is 20.7 Å². The number of rotatable bonds is 6. The predicted molar refractivity (Wildman–Crippen MR) is 143 cm³/mol. The van der Waals surface area contributed by atoms with E-state index >= 15 is 0 Å². The van der Waals surface area contributed by atoms with Gasteiger partial charge in [-0.3, -0.25) is 4.79 Å². The molecular weight excluding hydrogens is 546 g/mol. The Balaban J connectivity index is 1.85. The van der Waals surface area contributed by atoms with Crippen LogP contribution in [0.1, 0.15) is 5.56 Å². The van der Waals surface area contributed by atoms with Gasteiger partial charge in [-0.1, -0.05) is 64.1 Å². The first-order valence-electron chi connectivity index (χ1n) is 10.9. The molecule has 182 valence electrons. The fraction of sp³-hybridized carbons (Fsp3) is 0.111. The molecule has 0 saturated heterocycles. The maximum absolute atomic E-state index is 13.8. The molecule has 0 bridgehead atoms. The van der Waals surface area contributed by atoms with Crippen LogP contribution in [-0.2, 0) is 6.54 Å². The molecule has 0 radical (unpaired) electrons. The third-order valence-electron chi connectivity index (χ3n) is 5.75. The smallest absolute Gasteiger partial charge is 0.354 e. The number of benzene rings is 3. The van der Waals surface area contributed by atoms with Crippen molar-refractivity contribution in [2.24, 2.45) is 0 Å². The third-order valence-corrected chi connectivity index (χ3v) is 7.30. The Hall–Kier alpha value is -3.69. The molecule has 2 heterocycles. The third kappa shape index (κ3) is 4.25. The molecule has 3 aromatic carbocycles. The standard InChI is InChI=1S/C27H20BrNO6S/c1-33-20-12-18-19(13-21(20)34-2)29(14-15-7-4-3-5-8-15)26(31)22-23(30)25(27(32)35-24(18)22)36-17-10-6-9-16(28)11-17/h3-13,30H,14H2,1-2H3. The summed E-state index contributed by atoms with van der Waals surface area (Å²) in [5, 5.41) is 11.6. The summed E-state index contributed by atoms with van der Waals surface area (Å²) in [5.74, 6) is 0.389. The van der Waals surface area contributed by atoms with E-state index < -0.39 is 16.9 Å². The molecule has 9 heteroatoms. The fourth-order valence-electron chi connectivity index (χ4n) is 4.07. The summed E-state index contributed by atoms with van der Waals surface area (Å²) < 4.78 is 18.9. The van der Waals surface area contributed by atoms with Gasteiger partial charge in [-0.05, 0) is 29.8 Å². The Morgan fingerprint density at radius 2 is 1.69 bits per heavy atom. The molecule has 2 aromatic heterocycles. The number of ether oxygens (including phenoxy) is 2. The topological polar surface area (TPSA) is 90.9 Å². The summed E-state index contributed by atoms with van der Waals surface area (Å²) in [7, 11) is 2.99. The van der Waals surface area contributed by atoms with E-state index in [2.05, 4.69) is 15.9 Å². The quantitative estimate of drug-likeness (QED) is 0.260. The first kappa shape index (κ1) is 24.0. The zero-order valence-electron chi connectivity index (χ0n) is 19.3. The summed E-state index contributed by atoms with van der Waals surface area (Å²) in [5.41, 5.74) is 0.105. The van der Waals surface area contributed by atoms with Gasteiger partial charge in [-0.15, -0.1) is 0 Å². The van der Waals surface area contributed by atoms with Gasteiger partial charge in [-0.2, -0.15) is 0 Å². The van der Waals surface area contributed by atoms with Crippen LogP contribution in [0.3, 0.4) is 0 Å². The highest BCUT2D eigenvalue weighted by atomic mass is 79.9. The summed E-state index contributed by atoms with van der Waals surface area (Å²) >= 11 is 4.43. The number of methoxy groups -OCH3 is 2. The average Bonchev–Trinajstić information content (AvgIpc) is 2.88. The lowest BCUT2D eigenvalue weighted by atomic mass is 10.1. The normalized spacial score (nSPS) is 11.2. The molecule has 1 N–H and O–H groups in total. The lowest BCUT2D eigenvalue weighted by Crippen LogP contribution is -2.23. The van der Waals surface area contributed by atoms with Crippen LogP contribution in [0.5, 0.6) is 17.2 Å². The largest absolute Gasteiger partial charge is 0.505 e. The van der Waals surface area contributed by atoms with Crippen molar-refractivity contribution in [1.82, 2.24) is 4.57 Å².